The molecule has 1 aliphatic rings. The van der Waals surface area contributed by atoms with Crippen LogP contribution in [0.1, 0.15) is 12.0 Å². The van der Waals surface area contributed by atoms with Gasteiger partial charge in [0, 0.05) is 49.0 Å². The summed E-state index contributed by atoms with van der Waals surface area (Å²) in [6.45, 7) is 3.83. The van der Waals surface area contributed by atoms with Crippen molar-refractivity contribution in [1.29, 1.82) is 0 Å². The van der Waals surface area contributed by atoms with Gasteiger partial charge >= 0.3 is 0 Å². The number of anilines is 1. The second-order valence-corrected chi connectivity index (χ2v) is 6.93. The summed E-state index contributed by atoms with van der Waals surface area (Å²) in [7, 11) is 1.80. The molecule has 1 atom stereocenters. The van der Waals surface area contributed by atoms with E-state index in [4.69, 9.17) is 4.42 Å². The van der Waals surface area contributed by atoms with Crippen LogP contribution in [0.25, 0.3) is 0 Å². The van der Waals surface area contributed by atoms with E-state index in [1.165, 1.54) is 12.1 Å². The normalized spacial score (nSPS) is 17.3. The SMILES string of the molecule is CN=C(NCc1ccoc1)NCC1CCN(c2ccc(Br)cc2)C1.I. The maximum Gasteiger partial charge on any atom is 0.191 e. The van der Waals surface area contributed by atoms with E-state index in [2.05, 4.69) is 60.7 Å². The van der Waals surface area contributed by atoms with Gasteiger partial charge in [-0.15, -0.1) is 24.0 Å². The van der Waals surface area contributed by atoms with Gasteiger partial charge in [-0.2, -0.15) is 0 Å². The summed E-state index contributed by atoms with van der Waals surface area (Å²) in [4.78, 5) is 6.73. The van der Waals surface area contributed by atoms with Crippen molar-refractivity contribution < 1.29 is 4.42 Å². The molecule has 1 aromatic heterocycles. The van der Waals surface area contributed by atoms with E-state index in [1.807, 2.05) is 6.07 Å². The fourth-order valence-corrected chi connectivity index (χ4v) is 3.19. The zero-order valence-electron chi connectivity index (χ0n) is 14.2. The Hall–Kier alpha value is -1.22. The molecule has 1 saturated heterocycles. The maximum atomic E-state index is 5.07. The van der Waals surface area contributed by atoms with Gasteiger partial charge in [0.15, 0.2) is 5.96 Å². The van der Waals surface area contributed by atoms with Gasteiger partial charge in [-0.05, 0) is 42.7 Å². The number of aliphatic imine (C=N–C) groups is 1. The third-order valence-corrected chi connectivity index (χ3v) is 4.83. The Morgan fingerprint density at radius 2 is 2.08 bits per heavy atom. The van der Waals surface area contributed by atoms with E-state index in [0.717, 1.165) is 35.6 Å². The van der Waals surface area contributed by atoms with Gasteiger partial charge in [0.05, 0.1) is 12.5 Å². The van der Waals surface area contributed by atoms with E-state index in [1.54, 1.807) is 19.6 Å². The van der Waals surface area contributed by atoms with Gasteiger partial charge in [0.1, 0.15) is 0 Å². The van der Waals surface area contributed by atoms with Crippen molar-refractivity contribution in [3.05, 3.63) is 52.9 Å². The van der Waals surface area contributed by atoms with Crippen LogP contribution in [0.2, 0.25) is 0 Å². The molecule has 0 amide bonds. The lowest BCUT2D eigenvalue weighted by molar-refractivity contribution is 0.559. The first-order valence-corrected chi connectivity index (χ1v) is 9.00. The fraction of sp³-hybridized carbons (Fsp3) is 0.389. The fourth-order valence-electron chi connectivity index (χ4n) is 2.93. The highest BCUT2D eigenvalue weighted by molar-refractivity contribution is 14.0. The van der Waals surface area contributed by atoms with Crippen molar-refractivity contribution in [2.75, 3.05) is 31.6 Å². The summed E-state index contributed by atoms with van der Waals surface area (Å²) in [6.07, 6.45) is 4.62. The number of nitrogens with one attached hydrogen (secondary N) is 2. The molecule has 0 bridgehead atoms. The Morgan fingerprint density at radius 1 is 1.28 bits per heavy atom. The summed E-state index contributed by atoms with van der Waals surface area (Å²) in [5.74, 6) is 1.46. The minimum atomic E-state index is 0. The van der Waals surface area contributed by atoms with Crippen molar-refractivity contribution in [3.8, 4) is 0 Å². The highest BCUT2D eigenvalue weighted by Gasteiger charge is 2.22. The van der Waals surface area contributed by atoms with Crippen LogP contribution in [0.15, 0.2) is 56.7 Å². The molecule has 1 fully saturated rings. The molecule has 2 heterocycles. The first-order chi connectivity index (χ1) is 11.7. The van der Waals surface area contributed by atoms with Crippen molar-refractivity contribution in [2.45, 2.75) is 13.0 Å². The highest BCUT2D eigenvalue weighted by Crippen LogP contribution is 2.24. The molecule has 3 rings (SSSR count). The summed E-state index contributed by atoms with van der Waals surface area (Å²) < 4.78 is 6.20. The van der Waals surface area contributed by atoms with E-state index in [9.17, 15) is 0 Å². The van der Waals surface area contributed by atoms with Crippen LogP contribution < -0.4 is 15.5 Å². The van der Waals surface area contributed by atoms with Gasteiger partial charge in [0.25, 0.3) is 0 Å². The zero-order valence-corrected chi connectivity index (χ0v) is 18.2. The molecule has 0 radical (unpaired) electrons. The number of rotatable bonds is 5. The summed E-state index contributed by atoms with van der Waals surface area (Å²) in [5.41, 5.74) is 2.41. The lowest BCUT2D eigenvalue weighted by Gasteiger charge is -2.19. The average Bonchev–Trinajstić information content (AvgIpc) is 3.27. The second kappa shape index (κ2) is 10.1. The molecule has 0 spiro atoms. The quantitative estimate of drug-likeness (QED) is 0.358. The van der Waals surface area contributed by atoms with Gasteiger partial charge in [-0.3, -0.25) is 4.99 Å². The minimum absolute atomic E-state index is 0. The Morgan fingerprint density at radius 3 is 2.76 bits per heavy atom. The van der Waals surface area contributed by atoms with Crippen LogP contribution in [0.5, 0.6) is 0 Å². The largest absolute Gasteiger partial charge is 0.472 e. The number of guanidine groups is 1. The molecule has 1 unspecified atom stereocenters. The molecule has 136 valence electrons. The Labute approximate surface area is 174 Å². The summed E-state index contributed by atoms with van der Waals surface area (Å²) in [5, 5.41) is 6.73. The number of nitrogens with zero attached hydrogens (tertiary/aromatic N) is 2. The first kappa shape index (κ1) is 20.1. The Bertz CT molecular complexity index is 660. The van der Waals surface area contributed by atoms with Gasteiger partial charge in [-0.25, -0.2) is 0 Å². The molecular weight excluding hydrogens is 495 g/mol. The number of halogens is 2. The Balaban J connectivity index is 0.00000225. The molecule has 25 heavy (non-hydrogen) atoms. The predicted molar refractivity (Wildman–Crippen MR) is 117 cm³/mol. The number of hydrogen-bond acceptors (Lipinski definition) is 3. The van der Waals surface area contributed by atoms with Crippen LogP contribution in [0, 0.1) is 5.92 Å². The molecule has 0 saturated carbocycles. The first-order valence-electron chi connectivity index (χ1n) is 8.20. The predicted octanol–water partition coefficient (Wildman–Crippen LogP) is 3.85. The smallest absolute Gasteiger partial charge is 0.191 e. The van der Waals surface area contributed by atoms with Gasteiger partial charge in [-0.1, -0.05) is 15.9 Å². The molecule has 1 aromatic carbocycles. The average molecular weight is 519 g/mol. The van der Waals surface area contributed by atoms with Gasteiger partial charge in [0.2, 0.25) is 0 Å². The zero-order chi connectivity index (χ0) is 16.8. The molecule has 7 heteroatoms. The Kier molecular flexibility index (Phi) is 8.08. The third kappa shape index (κ3) is 5.91. The van der Waals surface area contributed by atoms with E-state index >= 15 is 0 Å². The molecule has 1 aliphatic heterocycles. The summed E-state index contributed by atoms with van der Waals surface area (Å²) >= 11 is 3.49. The topological polar surface area (TPSA) is 52.8 Å². The van der Waals surface area contributed by atoms with E-state index in [-0.39, 0.29) is 24.0 Å². The van der Waals surface area contributed by atoms with Crippen molar-refractivity contribution in [2.24, 2.45) is 10.9 Å². The standard InChI is InChI=1S/C18H23BrN4O.HI/c1-20-18(22-11-15-7-9-24-13-15)21-10-14-6-8-23(12-14)17-4-2-16(19)3-5-17;/h2-5,7,9,13-14H,6,8,10-12H2,1H3,(H2,20,21,22);1H. The number of hydrogen-bond donors (Lipinski definition) is 2. The van der Waals surface area contributed by atoms with Crippen LogP contribution in [0.4, 0.5) is 5.69 Å². The van der Waals surface area contributed by atoms with Crippen LogP contribution in [-0.4, -0.2) is 32.6 Å². The monoisotopic (exact) mass is 518 g/mol. The second-order valence-electron chi connectivity index (χ2n) is 6.02. The maximum absolute atomic E-state index is 5.07. The van der Waals surface area contributed by atoms with Crippen LogP contribution >= 0.6 is 39.9 Å². The number of benzene rings is 1. The molecule has 0 aliphatic carbocycles. The van der Waals surface area contributed by atoms with Crippen molar-refractivity contribution in [3.63, 3.8) is 0 Å². The van der Waals surface area contributed by atoms with Crippen LogP contribution in [-0.2, 0) is 6.54 Å². The highest BCUT2D eigenvalue weighted by atomic mass is 127. The van der Waals surface area contributed by atoms with Crippen LogP contribution in [0.3, 0.4) is 0 Å². The lowest BCUT2D eigenvalue weighted by atomic mass is 10.1. The van der Waals surface area contributed by atoms with Crippen molar-refractivity contribution >= 4 is 51.6 Å². The molecule has 2 N–H and O–H groups in total. The third-order valence-electron chi connectivity index (χ3n) is 4.30. The van der Waals surface area contributed by atoms with E-state index < -0.39 is 0 Å². The molecular formula is C18H24BrIN4O. The molecule has 2 aromatic rings. The lowest BCUT2D eigenvalue weighted by Crippen LogP contribution is -2.39. The van der Waals surface area contributed by atoms with Gasteiger partial charge < -0.3 is 20.0 Å². The minimum Gasteiger partial charge on any atom is -0.472 e. The molecule has 5 nitrogen and oxygen atoms in total. The van der Waals surface area contributed by atoms with E-state index in [0.29, 0.717) is 12.5 Å². The number of furan rings is 1. The van der Waals surface area contributed by atoms with Crippen molar-refractivity contribution in [1.82, 2.24) is 10.6 Å². The summed E-state index contributed by atoms with van der Waals surface area (Å²) in [6, 6.07) is 10.5.